The van der Waals surface area contributed by atoms with Crippen LogP contribution in [0.3, 0.4) is 0 Å². The van der Waals surface area contributed by atoms with E-state index in [-0.39, 0.29) is 0 Å². The first-order chi connectivity index (χ1) is 9.95. The molecule has 1 N–H and O–H groups in total. The number of nitriles is 1. The molecule has 0 saturated heterocycles. The van der Waals surface area contributed by atoms with Crippen molar-refractivity contribution < 1.29 is 0 Å². The molecule has 4 nitrogen and oxygen atoms in total. The highest BCUT2D eigenvalue weighted by Gasteiger charge is 2.14. The van der Waals surface area contributed by atoms with Crippen molar-refractivity contribution in [3.05, 3.63) is 28.5 Å². The van der Waals surface area contributed by atoms with Crippen molar-refractivity contribution in [2.75, 3.05) is 6.54 Å². The largest absolute Gasteiger partial charge is 0.329 e. The number of aromatic nitrogens is 2. The molecule has 0 spiro atoms. The first-order valence-electron chi connectivity index (χ1n) is 7.33. The second-order valence-corrected chi connectivity index (χ2v) is 6.21. The van der Waals surface area contributed by atoms with E-state index in [4.69, 9.17) is 12.2 Å². The Hall–Kier alpha value is -1.64. The van der Waals surface area contributed by atoms with Gasteiger partial charge in [-0.3, -0.25) is 4.90 Å². The summed E-state index contributed by atoms with van der Waals surface area (Å²) in [7, 11) is 0. The third kappa shape index (κ3) is 3.17. The molecule has 2 aromatic rings. The molecule has 0 fully saturated rings. The van der Waals surface area contributed by atoms with E-state index in [1.165, 1.54) is 0 Å². The molecule has 1 heterocycles. The second kappa shape index (κ2) is 6.42. The van der Waals surface area contributed by atoms with Crippen LogP contribution in [-0.2, 0) is 6.54 Å². The lowest BCUT2D eigenvalue weighted by Gasteiger charge is -2.30. The summed E-state index contributed by atoms with van der Waals surface area (Å²) < 4.78 is 2.77. The van der Waals surface area contributed by atoms with E-state index in [0.29, 0.717) is 22.4 Å². The normalized spacial score (nSPS) is 11.7. The van der Waals surface area contributed by atoms with Crippen molar-refractivity contribution in [3.63, 3.8) is 0 Å². The Morgan fingerprint density at radius 3 is 2.52 bits per heavy atom. The van der Waals surface area contributed by atoms with Crippen molar-refractivity contribution in [3.8, 4) is 6.07 Å². The summed E-state index contributed by atoms with van der Waals surface area (Å²) in [6.45, 7) is 10.6. The van der Waals surface area contributed by atoms with Gasteiger partial charge in [0, 0.05) is 25.2 Å². The van der Waals surface area contributed by atoms with E-state index in [0.717, 1.165) is 24.1 Å². The molecular weight excluding hydrogens is 280 g/mol. The predicted octanol–water partition coefficient (Wildman–Crippen LogP) is 3.69. The highest BCUT2D eigenvalue weighted by atomic mass is 32.1. The molecule has 1 aromatic carbocycles. The fraction of sp³-hybridized carbons (Fsp3) is 0.500. The van der Waals surface area contributed by atoms with E-state index in [1.807, 2.05) is 18.2 Å². The monoisotopic (exact) mass is 302 g/mol. The van der Waals surface area contributed by atoms with Crippen molar-refractivity contribution in [2.45, 2.75) is 46.3 Å². The lowest BCUT2D eigenvalue weighted by molar-refractivity contribution is 0.168. The number of aromatic amines is 1. The lowest BCUT2D eigenvalue weighted by Crippen LogP contribution is -2.39. The van der Waals surface area contributed by atoms with Gasteiger partial charge in [-0.2, -0.15) is 5.26 Å². The van der Waals surface area contributed by atoms with Gasteiger partial charge in [0.2, 0.25) is 0 Å². The first-order valence-corrected chi connectivity index (χ1v) is 7.74. The lowest BCUT2D eigenvalue weighted by atomic mass is 10.2. The summed E-state index contributed by atoms with van der Waals surface area (Å²) >= 11 is 5.42. The Labute approximate surface area is 131 Å². The Bertz CT molecular complexity index is 710. The number of hydrogen-bond acceptors (Lipinski definition) is 3. The van der Waals surface area contributed by atoms with Crippen LogP contribution in [0.15, 0.2) is 18.2 Å². The highest BCUT2D eigenvalue weighted by molar-refractivity contribution is 7.71. The zero-order valence-corrected chi connectivity index (χ0v) is 13.9. The van der Waals surface area contributed by atoms with Crippen molar-refractivity contribution in [2.24, 2.45) is 0 Å². The summed E-state index contributed by atoms with van der Waals surface area (Å²) in [6, 6.07) is 8.94. The van der Waals surface area contributed by atoms with E-state index in [2.05, 4.69) is 48.2 Å². The number of rotatable bonds is 5. The van der Waals surface area contributed by atoms with Gasteiger partial charge >= 0.3 is 0 Å². The molecule has 0 aliphatic carbocycles. The van der Waals surface area contributed by atoms with Gasteiger partial charge in [-0.25, -0.2) is 0 Å². The average Bonchev–Trinajstić information content (AvgIpc) is 2.74. The molecule has 112 valence electrons. The fourth-order valence-corrected chi connectivity index (χ4v) is 3.12. The molecule has 2 rings (SSSR count). The molecule has 0 radical (unpaired) electrons. The number of benzene rings is 1. The van der Waals surface area contributed by atoms with Crippen molar-refractivity contribution >= 4 is 23.3 Å². The summed E-state index contributed by atoms with van der Waals surface area (Å²) in [5.74, 6) is 0. The third-order valence-corrected chi connectivity index (χ3v) is 4.16. The molecule has 5 heteroatoms. The number of imidazole rings is 1. The van der Waals surface area contributed by atoms with Crippen LogP contribution in [0.5, 0.6) is 0 Å². The van der Waals surface area contributed by atoms with E-state index < -0.39 is 0 Å². The van der Waals surface area contributed by atoms with Crippen LogP contribution >= 0.6 is 12.2 Å². The smallest absolute Gasteiger partial charge is 0.178 e. The van der Waals surface area contributed by atoms with Gasteiger partial charge in [-0.1, -0.05) is 6.07 Å². The van der Waals surface area contributed by atoms with Crippen LogP contribution < -0.4 is 0 Å². The Balaban J connectivity index is 2.33. The third-order valence-electron chi connectivity index (χ3n) is 3.84. The van der Waals surface area contributed by atoms with E-state index >= 15 is 0 Å². The van der Waals surface area contributed by atoms with E-state index in [9.17, 15) is 5.26 Å². The minimum atomic E-state index is 0.499. The molecule has 0 bridgehead atoms. The van der Waals surface area contributed by atoms with Gasteiger partial charge in [0.1, 0.15) is 6.07 Å². The zero-order valence-electron chi connectivity index (χ0n) is 13.1. The quantitative estimate of drug-likeness (QED) is 0.857. The number of H-pyrrole nitrogens is 1. The Morgan fingerprint density at radius 1 is 1.29 bits per heavy atom. The molecule has 0 aliphatic rings. The van der Waals surface area contributed by atoms with Gasteiger partial charge in [0.15, 0.2) is 4.77 Å². The molecule has 0 aliphatic heterocycles. The highest BCUT2D eigenvalue weighted by Crippen LogP contribution is 2.18. The maximum absolute atomic E-state index is 9.18. The van der Waals surface area contributed by atoms with Gasteiger partial charge in [0.25, 0.3) is 0 Å². The van der Waals surface area contributed by atoms with Crippen LogP contribution in [0.4, 0.5) is 0 Å². The summed E-state index contributed by atoms with van der Waals surface area (Å²) in [4.78, 5) is 5.60. The number of hydrogen-bond donors (Lipinski definition) is 1. The molecule has 0 saturated carbocycles. The second-order valence-electron chi connectivity index (χ2n) is 5.82. The van der Waals surface area contributed by atoms with Gasteiger partial charge in [0.05, 0.1) is 16.6 Å². The van der Waals surface area contributed by atoms with Crippen LogP contribution in [-0.4, -0.2) is 33.1 Å². The first kappa shape index (κ1) is 15.7. The number of nitrogens with zero attached hydrogens (tertiary/aromatic N) is 3. The summed E-state index contributed by atoms with van der Waals surface area (Å²) in [5, 5.41) is 9.18. The van der Waals surface area contributed by atoms with Gasteiger partial charge in [-0.05, 0) is 52.0 Å². The topological polar surface area (TPSA) is 47.8 Å². The fourth-order valence-electron chi connectivity index (χ4n) is 2.82. The predicted molar refractivity (Wildman–Crippen MR) is 88.8 cm³/mol. The zero-order chi connectivity index (χ0) is 15.6. The SMILES string of the molecule is CC(C)N(CCn1c(=S)[nH]c2c(C#N)cccc21)C(C)C. The molecule has 0 amide bonds. The number of nitrogens with one attached hydrogen (secondary N) is 1. The molecule has 0 atom stereocenters. The van der Waals surface area contributed by atoms with Crippen LogP contribution in [0.2, 0.25) is 0 Å². The van der Waals surface area contributed by atoms with Crippen LogP contribution in [0.1, 0.15) is 33.3 Å². The standard InChI is InChI=1S/C16H22N4S/c1-11(2)19(12(3)4)8-9-20-14-7-5-6-13(10-17)15(14)18-16(20)21/h5-7,11-12H,8-9H2,1-4H3,(H,18,21). The van der Waals surface area contributed by atoms with Crippen LogP contribution in [0.25, 0.3) is 11.0 Å². The van der Waals surface area contributed by atoms with Crippen molar-refractivity contribution in [1.82, 2.24) is 14.5 Å². The minimum Gasteiger partial charge on any atom is -0.329 e. The van der Waals surface area contributed by atoms with Crippen LogP contribution in [0, 0.1) is 16.1 Å². The summed E-state index contributed by atoms with van der Waals surface area (Å²) in [6.07, 6.45) is 0. The average molecular weight is 302 g/mol. The molecule has 1 aromatic heterocycles. The maximum atomic E-state index is 9.18. The van der Waals surface area contributed by atoms with Crippen molar-refractivity contribution in [1.29, 1.82) is 5.26 Å². The summed E-state index contributed by atoms with van der Waals surface area (Å²) in [5.41, 5.74) is 2.49. The molecule has 21 heavy (non-hydrogen) atoms. The van der Waals surface area contributed by atoms with Gasteiger partial charge < -0.3 is 9.55 Å². The number of fused-ring (bicyclic) bond motifs is 1. The molecular formula is C16H22N4S. The minimum absolute atomic E-state index is 0.499. The molecule has 0 unspecified atom stereocenters. The maximum Gasteiger partial charge on any atom is 0.178 e. The Kier molecular flexibility index (Phi) is 4.81. The van der Waals surface area contributed by atoms with Gasteiger partial charge in [-0.15, -0.1) is 0 Å². The number of para-hydroxylation sites is 1. The Morgan fingerprint density at radius 2 is 1.95 bits per heavy atom. The van der Waals surface area contributed by atoms with E-state index in [1.54, 1.807) is 0 Å².